The van der Waals surface area contributed by atoms with Gasteiger partial charge in [-0.25, -0.2) is 17.2 Å². The van der Waals surface area contributed by atoms with Crippen LogP contribution in [0.1, 0.15) is 39.1 Å². The Morgan fingerprint density at radius 2 is 1.88 bits per heavy atom. The van der Waals surface area contributed by atoms with E-state index in [1.807, 2.05) is 19.1 Å². The number of anilines is 1. The van der Waals surface area contributed by atoms with Gasteiger partial charge in [-0.05, 0) is 50.1 Å². The molecule has 11 heteroatoms. The number of nitrogens with one attached hydrogen (secondary N) is 1. The SMILES string of the molecule is Cc1ccc(NC(=O)c2nnc(C3CCCN(S(=O)(=O)c4ccc(F)c(F)c4)C3)s2)cc1. The quantitative estimate of drug-likeness (QED) is 0.600. The van der Waals surface area contributed by atoms with Gasteiger partial charge in [-0.15, -0.1) is 10.2 Å². The summed E-state index contributed by atoms with van der Waals surface area (Å²) in [4.78, 5) is 12.2. The predicted molar refractivity (Wildman–Crippen MR) is 116 cm³/mol. The molecule has 1 unspecified atom stereocenters. The number of nitrogens with zero attached hydrogens (tertiary/aromatic N) is 3. The van der Waals surface area contributed by atoms with E-state index in [9.17, 15) is 22.0 Å². The van der Waals surface area contributed by atoms with Gasteiger partial charge in [-0.3, -0.25) is 4.79 Å². The minimum atomic E-state index is -3.99. The number of halogens is 2. The van der Waals surface area contributed by atoms with E-state index in [0.717, 1.165) is 29.0 Å². The Labute approximate surface area is 188 Å². The number of benzene rings is 2. The number of carbonyl (C=O) groups is 1. The number of aryl methyl sites for hydroxylation is 1. The zero-order valence-electron chi connectivity index (χ0n) is 17.1. The van der Waals surface area contributed by atoms with Crippen molar-refractivity contribution in [2.75, 3.05) is 18.4 Å². The van der Waals surface area contributed by atoms with Crippen LogP contribution in [0.4, 0.5) is 14.5 Å². The van der Waals surface area contributed by atoms with E-state index < -0.39 is 21.7 Å². The van der Waals surface area contributed by atoms with Gasteiger partial charge in [-0.1, -0.05) is 29.0 Å². The van der Waals surface area contributed by atoms with Crippen molar-refractivity contribution in [3.63, 3.8) is 0 Å². The standard InChI is InChI=1S/C21H20F2N4O3S2/c1-13-4-6-15(7-5-13)24-19(28)21-26-25-20(31-21)14-3-2-10-27(12-14)32(29,30)16-8-9-17(22)18(23)11-16/h4-9,11,14H,2-3,10,12H2,1H3,(H,24,28). The van der Waals surface area contributed by atoms with Gasteiger partial charge in [0.2, 0.25) is 15.0 Å². The van der Waals surface area contributed by atoms with Crippen molar-refractivity contribution in [1.82, 2.24) is 14.5 Å². The molecule has 1 amide bonds. The zero-order chi connectivity index (χ0) is 22.9. The Morgan fingerprint density at radius 1 is 1.12 bits per heavy atom. The van der Waals surface area contributed by atoms with Crippen LogP contribution >= 0.6 is 11.3 Å². The molecule has 0 radical (unpaired) electrons. The van der Waals surface area contributed by atoms with Crippen molar-refractivity contribution in [3.05, 3.63) is 69.7 Å². The van der Waals surface area contributed by atoms with Gasteiger partial charge in [0, 0.05) is 24.7 Å². The summed E-state index contributed by atoms with van der Waals surface area (Å²) in [5.74, 6) is -2.96. The van der Waals surface area contributed by atoms with Crippen LogP contribution in [0.15, 0.2) is 47.4 Å². The fourth-order valence-electron chi connectivity index (χ4n) is 3.46. The van der Waals surface area contributed by atoms with E-state index in [0.29, 0.717) is 29.6 Å². The van der Waals surface area contributed by atoms with E-state index in [1.54, 1.807) is 12.1 Å². The van der Waals surface area contributed by atoms with E-state index in [2.05, 4.69) is 15.5 Å². The van der Waals surface area contributed by atoms with Crippen LogP contribution in [0.2, 0.25) is 0 Å². The topological polar surface area (TPSA) is 92.3 Å². The highest BCUT2D eigenvalue weighted by Crippen LogP contribution is 2.32. The summed E-state index contributed by atoms with van der Waals surface area (Å²) in [5.41, 5.74) is 1.71. The first kappa shape index (κ1) is 22.4. The number of amides is 1. The lowest BCUT2D eigenvalue weighted by atomic mass is 10.0. The van der Waals surface area contributed by atoms with Gasteiger partial charge in [0.05, 0.1) is 4.90 Å². The molecule has 0 aliphatic carbocycles. The fraction of sp³-hybridized carbons (Fsp3) is 0.286. The summed E-state index contributed by atoms with van der Waals surface area (Å²) in [5, 5.41) is 11.6. The van der Waals surface area contributed by atoms with Gasteiger partial charge in [-0.2, -0.15) is 4.31 Å². The number of piperidine rings is 1. The number of rotatable bonds is 5. The molecule has 1 fully saturated rings. The molecule has 1 aromatic heterocycles. The Morgan fingerprint density at radius 3 is 2.59 bits per heavy atom. The molecule has 0 bridgehead atoms. The third-order valence-corrected chi connectivity index (χ3v) is 8.15. The summed E-state index contributed by atoms with van der Waals surface area (Å²) in [6, 6.07) is 9.88. The molecule has 0 spiro atoms. The van der Waals surface area contributed by atoms with Gasteiger partial charge in [0.1, 0.15) is 5.01 Å². The Balaban J connectivity index is 1.48. The fourth-order valence-corrected chi connectivity index (χ4v) is 5.86. The molecule has 4 rings (SSSR count). The van der Waals surface area contributed by atoms with Crippen LogP contribution in [0.25, 0.3) is 0 Å². The number of sulfonamides is 1. The minimum Gasteiger partial charge on any atom is -0.320 e. The third-order valence-electron chi connectivity index (χ3n) is 5.21. The molecule has 168 valence electrons. The Bertz CT molecular complexity index is 1250. The maximum absolute atomic E-state index is 13.6. The average Bonchev–Trinajstić information content (AvgIpc) is 3.28. The van der Waals surface area contributed by atoms with E-state index in [1.165, 1.54) is 4.31 Å². The highest BCUT2D eigenvalue weighted by atomic mass is 32.2. The third kappa shape index (κ3) is 4.69. The molecule has 1 aliphatic heterocycles. The molecule has 1 N–H and O–H groups in total. The summed E-state index contributed by atoms with van der Waals surface area (Å²) >= 11 is 1.12. The number of aromatic nitrogens is 2. The van der Waals surface area contributed by atoms with Crippen molar-refractivity contribution in [2.24, 2.45) is 0 Å². The highest BCUT2D eigenvalue weighted by Gasteiger charge is 2.33. The second-order valence-corrected chi connectivity index (χ2v) is 10.5. The van der Waals surface area contributed by atoms with Crippen molar-refractivity contribution in [1.29, 1.82) is 0 Å². The first-order valence-electron chi connectivity index (χ1n) is 9.90. The highest BCUT2D eigenvalue weighted by molar-refractivity contribution is 7.89. The predicted octanol–water partition coefficient (Wildman–Crippen LogP) is 3.95. The van der Waals surface area contributed by atoms with Crippen LogP contribution < -0.4 is 5.32 Å². The normalized spacial score (nSPS) is 17.3. The van der Waals surface area contributed by atoms with E-state index in [4.69, 9.17) is 0 Å². The maximum atomic E-state index is 13.6. The lowest BCUT2D eigenvalue weighted by Gasteiger charge is -2.30. The molecule has 3 aromatic rings. The van der Waals surface area contributed by atoms with Crippen LogP contribution in [0, 0.1) is 18.6 Å². The molecule has 32 heavy (non-hydrogen) atoms. The second kappa shape index (κ2) is 9.00. The van der Waals surface area contributed by atoms with Gasteiger partial charge < -0.3 is 5.32 Å². The molecule has 7 nitrogen and oxygen atoms in total. The van der Waals surface area contributed by atoms with Crippen LogP contribution in [0.3, 0.4) is 0 Å². The van der Waals surface area contributed by atoms with E-state index in [-0.39, 0.29) is 34.8 Å². The summed E-state index contributed by atoms with van der Waals surface area (Å²) < 4.78 is 53.8. The van der Waals surface area contributed by atoms with Crippen LogP contribution in [0.5, 0.6) is 0 Å². The first-order valence-corrected chi connectivity index (χ1v) is 12.2. The molecule has 1 saturated heterocycles. The van der Waals surface area contributed by atoms with E-state index >= 15 is 0 Å². The molecule has 2 heterocycles. The zero-order valence-corrected chi connectivity index (χ0v) is 18.7. The lowest BCUT2D eigenvalue weighted by molar-refractivity contribution is 0.102. The molecule has 0 saturated carbocycles. The summed E-state index contributed by atoms with van der Waals surface area (Å²) in [6.07, 6.45) is 1.25. The van der Waals surface area contributed by atoms with Crippen molar-refractivity contribution in [2.45, 2.75) is 30.6 Å². The summed E-state index contributed by atoms with van der Waals surface area (Å²) in [7, 11) is -3.99. The van der Waals surface area contributed by atoms with Gasteiger partial charge >= 0.3 is 0 Å². The van der Waals surface area contributed by atoms with Gasteiger partial charge in [0.25, 0.3) is 5.91 Å². The summed E-state index contributed by atoms with van der Waals surface area (Å²) in [6.45, 7) is 2.33. The van der Waals surface area contributed by atoms with Crippen molar-refractivity contribution in [3.8, 4) is 0 Å². The maximum Gasteiger partial charge on any atom is 0.286 e. The van der Waals surface area contributed by atoms with Gasteiger partial charge in [0.15, 0.2) is 11.6 Å². The monoisotopic (exact) mass is 478 g/mol. The smallest absolute Gasteiger partial charge is 0.286 e. The molecule has 1 aliphatic rings. The van der Waals surface area contributed by atoms with Crippen LogP contribution in [-0.2, 0) is 10.0 Å². The minimum absolute atomic E-state index is 0.121. The largest absolute Gasteiger partial charge is 0.320 e. The first-order chi connectivity index (χ1) is 15.2. The Hall–Kier alpha value is -2.76. The average molecular weight is 479 g/mol. The van der Waals surface area contributed by atoms with Crippen molar-refractivity contribution >= 4 is 33.0 Å². The van der Waals surface area contributed by atoms with Crippen LogP contribution in [-0.4, -0.2) is 41.9 Å². The number of carbonyl (C=O) groups excluding carboxylic acids is 1. The molecule has 2 aromatic carbocycles. The number of hydrogen-bond donors (Lipinski definition) is 1. The molecule has 1 atom stereocenters. The second-order valence-electron chi connectivity index (χ2n) is 7.54. The lowest BCUT2D eigenvalue weighted by Crippen LogP contribution is -2.39. The number of hydrogen-bond acceptors (Lipinski definition) is 6. The Kier molecular flexibility index (Phi) is 6.31. The molecular weight excluding hydrogens is 458 g/mol. The molecular formula is C21H20F2N4O3S2. The van der Waals surface area contributed by atoms with Crippen molar-refractivity contribution < 1.29 is 22.0 Å².